The molecule has 4 unspecified atom stereocenters. The van der Waals surface area contributed by atoms with E-state index in [2.05, 4.69) is 47.5 Å². The summed E-state index contributed by atoms with van der Waals surface area (Å²) < 4.78 is 95.6. The molecule has 0 aliphatic carbocycles. The quantitative estimate of drug-likeness (QED) is 0.0506. The van der Waals surface area contributed by atoms with Crippen molar-refractivity contribution in [3.8, 4) is 23.0 Å². The van der Waals surface area contributed by atoms with Gasteiger partial charge in [0, 0.05) is 152 Å². The fourth-order valence-electron chi connectivity index (χ4n) is 10.1. The number of Topliss-reactive ketones (excluding diaryl/α,β-unsaturated/α-hetero) is 4. The zero-order valence-corrected chi connectivity index (χ0v) is 56.5. The Morgan fingerprint density at radius 1 is 0.606 bits per heavy atom. The number of rotatable bonds is 17. The number of methoxy groups -OCH3 is 7. The highest BCUT2D eigenvalue weighted by Gasteiger charge is 2.45. The van der Waals surface area contributed by atoms with Gasteiger partial charge >= 0.3 is 0 Å². The number of carbonyl (C=O) groups excluding carboxylic acids is 6. The van der Waals surface area contributed by atoms with Crippen LogP contribution in [0.1, 0.15) is 133 Å². The van der Waals surface area contributed by atoms with Gasteiger partial charge in [0.1, 0.15) is 73.9 Å². The molecule has 9 rings (SSSR count). The van der Waals surface area contributed by atoms with E-state index in [1.807, 2.05) is 6.92 Å². The fourth-order valence-corrected chi connectivity index (χ4v) is 10.8. The highest BCUT2D eigenvalue weighted by molar-refractivity contribution is 9.10. The molecule has 3 aliphatic heterocycles. The Labute approximate surface area is 552 Å². The minimum Gasteiger partial charge on any atom is -0.503 e. The predicted octanol–water partition coefficient (Wildman–Crippen LogP) is 7.55. The number of pyridine rings is 4. The SMILES string of the molecule is COC1(C)CCn2cc(C(=O)NCc3ccc(F)cc3F)c(=O)c(O)c2C1=O.COc1c(C(=O)C(C)(CCO)OC)ncc(Br)c1C.COc1c2n(cc(Br)c1=O)CCC(C)(OC)C2=O.COc1c2n(cc(C(=O)NCc3ccc(F)cc3F)c1=O)CCC(C)(OC)C2=O. The summed E-state index contributed by atoms with van der Waals surface area (Å²) in [6.45, 7) is 8.87. The first-order valence-corrected chi connectivity index (χ1v) is 30.2. The largest absolute Gasteiger partial charge is 0.503 e. The molecular weight excluding hydrogens is 1380 g/mol. The van der Waals surface area contributed by atoms with Crippen LogP contribution >= 0.6 is 31.9 Å². The molecule has 7 heterocycles. The van der Waals surface area contributed by atoms with E-state index >= 15 is 0 Å². The molecule has 6 aromatic rings. The zero-order valence-electron chi connectivity index (χ0n) is 53.3. The summed E-state index contributed by atoms with van der Waals surface area (Å²) in [7, 11) is 9.81. The predicted molar refractivity (Wildman–Crippen MR) is 337 cm³/mol. The lowest BCUT2D eigenvalue weighted by Crippen LogP contribution is -2.45. The summed E-state index contributed by atoms with van der Waals surface area (Å²) in [6, 6.07) is 5.88. The molecule has 0 radical (unpaired) electrons. The van der Waals surface area contributed by atoms with Crippen molar-refractivity contribution in [2.24, 2.45) is 0 Å². The molecule has 0 saturated carbocycles. The lowest BCUT2D eigenvalue weighted by molar-refractivity contribution is -0.00114. The number of amides is 2. The number of aliphatic hydroxyl groups is 1. The average molecular weight is 1450 g/mol. The van der Waals surface area contributed by atoms with Crippen molar-refractivity contribution in [3.63, 3.8) is 0 Å². The van der Waals surface area contributed by atoms with Crippen molar-refractivity contribution in [1.29, 1.82) is 0 Å². The third-order valence-electron chi connectivity index (χ3n) is 16.6. The van der Waals surface area contributed by atoms with Crippen molar-refractivity contribution in [2.45, 2.75) is 115 Å². The van der Waals surface area contributed by atoms with Crippen LogP contribution in [0.25, 0.3) is 0 Å². The van der Waals surface area contributed by atoms with Crippen molar-refractivity contribution >= 4 is 66.8 Å². The Balaban J connectivity index is 0.000000203. The first kappa shape index (κ1) is 74.8. The molecular formula is C64H70Br2F4N6O18. The topological polar surface area (TPSA) is 310 Å². The van der Waals surface area contributed by atoms with E-state index < -0.39 is 91.2 Å². The average Bonchev–Trinajstić information content (AvgIpc) is 0.770. The van der Waals surface area contributed by atoms with Crippen molar-refractivity contribution in [3.05, 3.63) is 175 Å². The molecule has 3 aliphatic rings. The van der Waals surface area contributed by atoms with Gasteiger partial charge in [-0.2, -0.15) is 0 Å². The molecule has 0 bridgehead atoms. The number of hydrogen-bond donors (Lipinski definition) is 4. The van der Waals surface area contributed by atoms with Gasteiger partial charge in [-0.05, 0) is 78.6 Å². The number of aliphatic hydroxyl groups excluding tert-OH is 1. The van der Waals surface area contributed by atoms with E-state index in [1.54, 1.807) is 44.7 Å². The molecule has 30 heteroatoms. The van der Waals surface area contributed by atoms with E-state index in [0.29, 0.717) is 54.7 Å². The van der Waals surface area contributed by atoms with Crippen LogP contribution in [0, 0.1) is 30.2 Å². The van der Waals surface area contributed by atoms with Crippen molar-refractivity contribution < 1.29 is 89.7 Å². The summed E-state index contributed by atoms with van der Waals surface area (Å²) >= 11 is 6.52. The second-order valence-electron chi connectivity index (χ2n) is 22.3. The monoisotopic (exact) mass is 1440 g/mol. The number of ether oxygens (including phenoxy) is 7. The molecule has 4 aromatic heterocycles. The molecule has 2 aromatic carbocycles. The molecule has 4 atom stereocenters. The van der Waals surface area contributed by atoms with Gasteiger partial charge in [-0.1, -0.05) is 12.1 Å². The number of fused-ring (bicyclic) bond motifs is 3. The van der Waals surface area contributed by atoms with Crippen LogP contribution in [-0.2, 0) is 51.7 Å². The van der Waals surface area contributed by atoms with Gasteiger partial charge in [0.05, 0.1) is 25.8 Å². The Bertz CT molecular complexity index is 4150. The summed E-state index contributed by atoms with van der Waals surface area (Å²) in [5.74, 6) is -6.87. The van der Waals surface area contributed by atoms with E-state index in [9.17, 15) is 65.8 Å². The number of halogens is 6. The first-order valence-electron chi connectivity index (χ1n) is 28.6. The number of aryl methyl sites for hydroxylation is 3. The van der Waals surface area contributed by atoms with Gasteiger partial charge in [0.2, 0.25) is 39.4 Å². The van der Waals surface area contributed by atoms with Crippen LogP contribution in [0.15, 0.2) is 84.5 Å². The number of benzene rings is 2. The zero-order chi connectivity index (χ0) is 70.1. The minimum absolute atomic E-state index is 0.0306. The number of aromatic nitrogens is 4. The standard InChI is InChI=1S/C20H20F2N2O5.C19H18F2N2O5.C13H18BrNO4.C12H14BrNO4/c1-20(29-3)6-7-24-10-13(16(25)17(28-2)15(24)18(20)26)19(27)23-9-11-4-5-12(21)8-14(11)22;1-19(28-2)5-6-23-9-12(15(24)16(25)14(23)17(19)26)18(27)22-8-10-3-4-11(20)7-13(10)21;1-8-9(14)7-15-10(11(8)18-3)12(17)13(2,19-4)5-6-16;1-12(18-3)4-5-14-6-7(13)9(15)10(17-2)8(14)11(12)16/h4-5,8,10H,6-7,9H2,1-3H3,(H,23,27);3-4,7,9,25H,5-6,8H2,1-2H3,(H,22,27);7,16H,5-6H2,1-4H3;6H,4-5H2,1-3H3. The second-order valence-corrected chi connectivity index (χ2v) is 24.0. The summed E-state index contributed by atoms with van der Waals surface area (Å²) in [4.78, 5) is 117. The van der Waals surface area contributed by atoms with Crippen LogP contribution < -0.4 is 41.1 Å². The smallest absolute Gasteiger partial charge is 0.257 e. The van der Waals surface area contributed by atoms with Crippen LogP contribution in [0.2, 0.25) is 0 Å². The summed E-state index contributed by atoms with van der Waals surface area (Å²) in [5.41, 5.74) is -5.82. The fraction of sp³-hybridized carbons (Fsp3) is 0.406. The molecule has 2 amide bonds. The molecule has 0 spiro atoms. The minimum atomic E-state index is -1.17. The normalized spacial score (nSPS) is 18.4. The number of aromatic hydroxyl groups is 1. The maximum atomic E-state index is 13.7. The number of nitrogens with one attached hydrogen (secondary N) is 2. The lowest BCUT2D eigenvalue weighted by Gasteiger charge is -2.33. The maximum absolute atomic E-state index is 13.7. The van der Waals surface area contributed by atoms with E-state index in [1.165, 1.54) is 83.4 Å². The van der Waals surface area contributed by atoms with Gasteiger partial charge in [0.15, 0.2) is 28.7 Å². The molecule has 506 valence electrons. The molecule has 4 N–H and O–H groups in total. The van der Waals surface area contributed by atoms with Crippen molar-refractivity contribution in [1.82, 2.24) is 29.3 Å². The summed E-state index contributed by atoms with van der Waals surface area (Å²) in [6.07, 6.45) is 7.04. The Hall–Kier alpha value is -8.26. The van der Waals surface area contributed by atoms with Crippen LogP contribution in [0.3, 0.4) is 0 Å². The third kappa shape index (κ3) is 15.4. The Morgan fingerprint density at radius 2 is 1.01 bits per heavy atom. The van der Waals surface area contributed by atoms with Gasteiger partial charge < -0.3 is 67.7 Å². The van der Waals surface area contributed by atoms with E-state index in [0.717, 1.165) is 22.2 Å². The maximum Gasteiger partial charge on any atom is 0.257 e. The van der Waals surface area contributed by atoms with E-state index in [4.69, 9.17) is 38.3 Å². The van der Waals surface area contributed by atoms with E-state index in [-0.39, 0.29) is 101 Å². The van der Waals surface area contributed by atoms with Gasteiger partial charge in [-0.15, -0.1) is 0 Å². The number of nitrogens with zero attached hydrogens (tertiary/aromatic N) is 4. The molecule has 0 saturated heterocycles. The van der Waals surface area contributed by atoms with Crippen LogP contribution in [0.4, 0.5) is 17.6 Å². The Morgan fingerprint density at radius 3 is 1.41 bits per heavy atom. The van der Waals surface area contributed by atoms with Crippen molar-refractivity contribution in [2.75, 3.05) is 56.4 Å². The molecule has 24 nitrogen and oxygen atoms in total. The van der Waals surface area contributed by atoms with Crippen LogP contribution in [-0.4, -0.2) is 143 Å². The van der Waals surface area contributed by atoms with Gasteiger partial charge in [0.25, 0.3) is 11.8 Å². The highest BCUT2D eigenvalue weighted by atomic mass is 79.9. The molecule has 94 heavy (non-hydrogen) atoms. The number of carbonyl (C=O) groups is 6. The lowest BCUT2D eigenvalue weighted by atomic mass is 9.89. The third-order valence-corrected chi connectivity index (χ3v) is 17.9. The first-order chi connectivity index (χ1) is 44.2. The van der Waals surface area contributed by atoms with Gasteiger partial charge in [-0.25, -0.2) is 22.5 Å². The Kier molecular flexibility index (Phi) is 24.6. The van der Waals surface area contributed by atoms with Crippen LogP contribution in [0.5, 0.6) is 23.0 Å². The van der Waals surface area contributed by atoms with Gasteiger partial charge in [-0.3, -0.25) is 43.2 Å². The summed E-state index contributed by atoms with van der Waals surface area (Å²) in [5, 5.41) is 24.1. The highest BCUT2D eigenvalue weighted by Crippen LogP contribution is 2.36. The number of ketones is 4. The second kappa shape index (κ2) is 30.9. The molecule has 0 fully saturated rings. The number of hydrogen-bond acceptors (Lipinski definition) is 19.